The first-order chi connectivity index (χ1) is 18.4. The summed E-state index contributed by atoms with van der Waals surface area (Å²) in [6, 6.07) is 11.9. The van der Waals surface area contributed by atoms with Crippen LogP contribution in [0.4, 0.5) is 13.2 Å². The monoisotopic (exact) mass is 522 g/mol. The second-order valence-corrected chi connectivity index (χ2v) is 9.50. The summed E-state index contributed by atoms with van der Waals surface area (Å²) in [4.78, 5) is 19.7. The Kier molecular flexibility index (Phi) is 6.13. The number of halogens is 3. The molecule has 38 heavy (non-hydrogen) atoms. The Hall–Kier alpha value is -4.15. The van der Waals surface area contributed by atoms with Crippen LogP contribution < -0.4 is 4.74 Å². The van der Waals surface area contributed by atoms with Crippen LogP contribution >= 0.6 is 0 Å². The lowest BCUT2D eigenvalue weighted by molar-refractivity contribution is -0.137. The highest BCUT2D eigenvalue weighted by Gasteiger charge is 2.35. The van der Waals surface area contributed by atoms with Gasteiger partial charge in [-0.25, -0.2) is 4.68 Å². The maximum absolute atomic E-state index is 13.9. The molecule has 11 heteroatoms. The van der Waals surface area contributed by atoms with Crippen LogP contribution in [-0.2, 0) is 19.3 Å². The molecule has 0 spiro atoms. The third-order valence-electron chi connectivity index (χ3n) is 6.98. The Morgan fingerprint density at radius 1 is 1.03 bits per heavy atom. The van der Waals surface area contributed by atoms with Gasteiger partial charge in [0.25, 0.3) is 5.91 Å². The minimum absolute atomic E-state index is 0.0981. The van der Waals surface area contributed by atoms with Crippen molar-refractivity contribution in [3.8, 4) is 28.3 Å². The second kappa shape index (κ2) is 9.62. The molecule has 0 radical (unpaired) electrons. The lowest BCUT2D eigenvalue weighted by Gasteiger charge is -2.24. The normalized spacial score (nSPS) is 17.3. The summed E-state index contributed by atoms with van der Waals surface area (Å²) < 4.78 is 48.0. The maximum atomic E-state index is 13.9. The van der Waals surface area contributed by atoms with E-state index in [-0.39, 0.29) is 11.9 Å². The molecule has 196 valence electrons. The summed E-state index contributed by atoms with van der Waals surface area (Å²) in [5.74, 6) is 0.482. The molecule has 0 bridgehead atoms. The molecular weight excluding hydrogens is 497 g/mol. The third kappa shape index (κ3) is 4.52. The number of carbonyl (C=O) groups is 1. The van der Waals surface area contributed by atoms with Crippen LogP contribution in [0.1, 0.15) is 35.3 Å². The maximum Gasteiger partial charge on any atom is 0.417 e. The highest BCUT2D eigenvalue weighted by Crippen LogP contribution is 2.37. The van der Waals surface area contributed by atoms with E-state index in [0.29, 0.717) is 49.1 Å². The van der Waals surface area contributed by atoms with Crippen molar-refractivity contribution >= 4 is 5.91 Å². The van der Waals surface area contributed by atoms with Gasteiger partial charge in [-0.05, 0) is 30.5 Å². The van der Waals surface area contributed by atoms with Crippen molar-refractivity contribution in [2.45, 2.75) is 44.6 Å². The van der Waals surface area contributed by atoms with Gasteiger partial charge in [0, 0.05) is 37.5 Å². The number of likely N-dealkylation sites (tertiary alicyclic amines) is 1. The predicted octanol–water partition coefficient (Wildman–Crippen LogP) is 4.91. The number of rotatable bonds is 5. The first kappa shape index (κ1) is 24.2. The standard InChI is InChI=1S/C27H25F3N6O2/c28-27(29,30)20-9-10-22(31-15-20)19-14-32-34(16-19)17-21-8-4-11-35(21)25(37)24-23(18-6-2-1-3-7-18)26-36(33-24)12-5-13-38-26/h1-3,6-7,9-10,14-16,21H,4-5,8,11-13,17H2/t21-/m0/s1. The van der Waals surface area contributed by atoms with Gasteiger partial charge < -0.3 is 9.64 Å². The molecule has 8 nitrogen and oxygen atoms in total. The highest BCUT2D eigenvalue weighted by atomic mass is 19.4. The molecule has 0 saturated carbocycles. The SMILES string of the molecule is O=C(c1nn2c(c1-c1ccccc1)OCCC2)N1CCC[C@H]1Cn1cc(-c2ccc(C(F)(F)F)cn2)cn1. The van der Waals surface area contributed by atoms with E-state index in [4.69, 9.17) is 4.74 Å². The number of aryl methyl sites for hydroxylation is 1. The number of hydrogen-bond acceptors (Lipinski definition) is 5. The molecule has 2 aliphatic rings. The minimum Gasteiger partial charge on any atom is -0.477 e. The van der Waals surface area contributed by atoms with Gasteiger partial charge in [0.2, 0.25) is 5.88 Å². The molecule has 1 saturated heterocycles. The van der Waals surface area contributed by atoms with Gasteiger partial charge in [-0.15, -0.1) is 0 Å². The fourth-order valence-corrected chi connectivity index (χ4v) is 5.12. The van der Waals surface area contributed by atoms with E-state index < -0.39 is 11.7 Å². The first-order valence-electron chi connectivity index (χ1n) is 12.5. The topological polar surface area (TPSA) is 78.1 Å². The van der Waals surface area contributed by atoms with Crippen LogP contribution in [0.5, 0.6) is 5.88 Å². The zero-order valence-electron chi connectivity index (χ0n) is 20.4. The molecule has 0 aliphatic carbocycles. The van der Waals surface area contributed by atoms with Crippen molar-refractivity contribution in [2.75, 3.05) is 13.2 Å². The number of benzene rings is 1. The van der Waals surface area contributed by atoms with Gasteiger partial charge in [0.15, 0.2) is 5.69 Å². The molecule has 2 aliphatic heterocycles. The largest absolute Gasteiger partial charge is 0.477 e. The molecule has 0 N–H and O–H groups in total. The number of pyridine rings is 1. The Balaban J connectivity index is 1.23. The summed E-state index contributed by atoms with van der Waals surface area (Å²) in [6.07, 6.45) is 2.20. The van der Waals surface area contributed by atoms with E-state index >= 15 is 0 Å². The lowest BCUT2D eigenvalue weighted by atomic mass is 10.0. The minimum atomic E-state index is -4.44. The molecule has 1 aromatic carbocycles. The van der Waals surface area contributed by atoms with Gasteiger partial charge >= 0.3 is 6.18 Å². The molecule has 3 aromatic heterocycles. The number of amides is 1. The number of ether oxygens (including phenoxy) is 1. The lowest BCUT2D eigenvalue weighted by Crippen LogP contribution is -2.38. The number of carbonyl (C=O) groups excluding carboxylic acids is 1. The predicted molar refractivity (Wildman–Crippen MR) is 132 cm³/mol. The van der Waals surface area contributed by atoms with Crippen molar-refractivity contribution < 1.29 is 22.7 Å². The van der Waals surface area contributed by atoms with Crippen LogP contribution in [0.25, 0.3) is 22.4 Å². The van der Waals surface area contributed by atoms with E-state index in [2.05, 4.69) is 15.2 Å². The second-order valence-electron chi connectivity index (χ2n) is 9.50. The summed E-state index contributed by atoms with van der Waals surface area (Å²) in [5, 5.41) is 9.06. The molecular formula is C27H25F3N6O2. The molecule has 5 heterocycles. The van der Waals surface area contributed by atoms with E-state index in [1.807, 2.05) is 35.2 Å². The number of alkyl halides is 3. The van der Waals surface area contributed by atoms with Gasteiger partial charge in [-0.3, -0.25) is 14.5 Å². The van der Waals surface area contributed by atoms with Gasteiger partial charge in [-0.1, -0.05) is 30.3 Å². The van der Waals surface area contributed by atoms with Crippen LogP contribution in [0, 0.1) is 0 Å². The molecule has 6 rings (SSSR count). The summed E-state index contributed by atoms with van der Waals surface area (Å²) in [5.41, 5.74) is 2.20. The van der Waals surface area contributed by atoms with Crippen molar-refractivity contribution in [2.24, 2.45) is 0 Å². The number of hydrogen-bond donors (Lipinski definition) is 0. The van der Waals surface area contributed by atoms with Crippen molar-refractivity contribution in [3.05, 3.63) is 72.3 Å². The Morgan fingerprint density at radius 3 is 2.63 bits per heavy atom. The van der Waals surface area contributed by atoms with Gasteiger partial charge in [0.05, 0.1) is 42.2 Å². The fraction of sp³-hybridized carbons (Fsp3) is 0.333. The van der Waals surface area contributed by atoms with E-state index in [0.717, 1.165) is 42.7 Å². The van der Waals surface area contributed by atoms with Gasteiger partial charge in [-0.2, -0.15) is 23.4 Å². The molecule has 0 unspecified atom stereocenters. The molecule has 1 fully saturated rings. The zero-order chi connectivity index (χ0) is 26.3. The third-order valence-corrected chi connectivity index (χ3v) is 6.98. The molecule has 4 aromatic rings. The Labute approximate surface area is 216 Å². The summed E-state index contributed by atoms with van der Waals surface area (Å²) >= 11 is 0. The van der Waals surface area contributed by atoms with Crippen molar-refractivity contribution in [3.63, 3.8) is 0 Å². The summed E-state index contributed by atoms with van der Waals surface area (Å²) in [6.45, 7) is 2.34. The quantitative estimate of drug-likeness (QED) is 0.372. The average molecular weight is 523 g/mol. The van der Waals surface area contributed by atoms with Crippen LogP contribution in [-0.4, -0.2) is 54.5 Å². The summed E-state index contributed by atoms with van der Waals surface area (Å²) in [7, 11) is 0. The first-order valence-corrected chi connectivity index (χ1v) is 12.5. The number of fused-ring (bicyclic) bond motifs is 1. The Morgan fingerprint density at radius 2 is 1.87 bits per heavy atom. The van der Waals surface area contributed by atoms with Crippen LogP contribution in [0.15, 0.2) is 61.1 Å². The van der Waals surface area contributed by atoms with E-state index in [1.54, 1.807) is 21.8 Å². The molecule has 1 atom stereocenters. The highest BCUT2D eigenvalue weighted by molar-refractivity contribution is 6.00. The fourth-order valence-electron chi connectivity index (χ4n) is 5.12. The number of nitrogens with zero attached hydrogens (tertiary/aromatic N) is 6. The van der Waals surface area contributed by atoms with Crippen LogP contribution in [0.2, 0.25) is 0 Å². The number of aromatic nitrogens is 5. The van der Waals surface area contributed by atoms with E-state index in [1.165, 1.54) is 6.07 Å². The average Bonchev–Trinajstić information content (AvgIpc) is 3.67. The van der Waals surface area contributed by atoms with Crippen LogP contribution in [0.3, 0.4) is 0 Å². The smallest absolute Gasteiger partial charge is 0.417 e. The zero-order valence-corrected chi connectivity index (χ0v) is 20.4. The van der Waals surface area contributed by atoms with Crippen molar-refractivity contribution in [1.82, 2.24) is 29.4 Å². The van der Waals surface area contributed by atoms with Crippen molar-refractivity contribution in [1.29, 1.82) is 0 Å². The van der Waals surface area contributed by atoms with Gasteiger partial charge in [0.1, 0.15) is 0 Å². The molecule has 1 amide bonds. The Bertz CT molecular complexity index is 1450. The van der Waals surface area contributed by atoms with E-state index in [9.17, 15) is 18.0 Å².